The molecule has 0 saturated heterocycles. The molecule has 2 N–H and O–H groups in total. The molecule has 0 aromatic heterocycles. The van der Waals surface area contributed by atoms with Gasteiger partial charge in [-0.1, -0.05) is 19.1 Å². The maximum absolute atomic E-state index is 11.9. The lowest BCUT2D eigenvalue weighted by molar-refractivity contribution is -0.131. The number of carbonyl (C=O) groups excluding carboxylic acids is 1. The summed E-state index contributed by atoms with van der Waals surface area (Å²) in [5, 5.41) is 11.4. The second kappa shape index (κ2) is 6.59. The summed E-state index contributed by atoms with van der Waals surface area (Å²) >= 11 is 0. The minimum atomic E-state index is -1.01. The second-order valence-corrected chi connectivity index (χ2v) is 4.08. The lowest BCUT2D eigenvalue weighted by atomic mass is 10.1. The number of carboxylic acid groups (broad SMARTS) is 1. The molecule has 1 unspecified atom stereocenters. The van der Waals surface area contributed by atoms with E-state index in [1.54, 1.807) is 24.3 Å². The number of carbonyl (C=O) groups is 2. The van der Waals surface area contributed by atoms with Gasteiger partial charge in [-0.2, -0.15) is 0 Å². The topological polar surface area (TPSA) is 66.4 Å². The fourth-order valence-corrected chi connectivity index (χ4v) is 1.36. The van der Waals surface area contributed by atoms with Crippen molar-refractivity contribution < 1.29 is 14.7 Å². The number of benzene rings is 1. The zero-order chi connectivity index (χ0) is 13.5. The summed E-state index contributed by atoms with van der Waals surface area (Å²) < 4.78 is 0. The number of rotatable bonds is 5. The van der Waals surface area contributed by atoms with E-state index in [1.807, 2.05) is 13.8 Å². The van der Waals surface area contributed by atoms with E-state index in [9.17, 15) is 9.59 Å². The number of hydrogen-bond donors (Lipinski definition) is 2. The van der Waals surface area contributed by atoms with Crippen LogP contribution in [0.3, 0.4) is 0 Å². The fraction of sp³-hybridized carbons (Fsp3) is 0.286. The van der Waals surface area contributed by atoms with Crippen molar-refractivity contribution in [2.45, 2.75) is 26.3 Å². The molecule has 0 aliphatic heterocycles. The highest BCUT2D eigenvalue weighted by Gasteiger charge is 2.08. The van der Waals surface area contributed by atoms with Crippen LogP contribution in [0.25, 0.3) is 6.08 Å². The Morgan fingerprint density at radius 2 is 2.17 bits per heavy atom. The molecule has 1 rings (SSSR count). The lowest BCUT2D eigenvalue weighted by Crippen LogP contribution is -2.31. The highest BCUT2D eigenvalue weighted by molar-refractivity contribution is 5.95. The van der Waals surface area contributed by atoms with Gasteiger partial charge in [0.1, 0.15) is 0 Å². The summed E-state index contributed by atoms with van der Waals surface area (Å²) in [6.07, 6.45) is 3.37. The zero-order valence-electron chi connectivity index (χ0n) is 10.5. The number of nitrogens with one attached hydrogen (secondary N) is 1. The number of carboxylic acids is 1. The van der Waals surface area contributed by atoms with Crippen LogP contribution < -0.4 is 5.32 Å². The second-order valence-electron chi connectivity index (χ2n) is 4.08. The average Bonchev–Trinajstić information content (AvgIpc) is 2.36. The van der Waals surface area contributed by atoms with E-state index in [2.05, 4.69) is 5.32 Å². The smallest absolute Gasteiger partial charge is 0.328 e. The van der Waals surface area contributed by atoms with Gasteiger partial charge in [0.2, 0.25) is 0 Å². The minimum absolute atomic E-state index is 0.121. The molecule has 0 bridgehead atoms. The Bertz CT molecular complexity index is 466. The maximum Gasteiger partial charge on any atom is 0.328 e. The summed E-state index contributed by atoms with van der Waals surface area (Å²) in [5.41, 5.74) is 1.22. The third-order valence-corrected chi connectivity index (χ3v) is 2.56. The highest BCUT2D eigenvalue weighted by Crippen LogP contribution is 2.07. The Labute approximate surface area is 106 Å². The molecule has 0 heterocycles. The van der Waals surface area contributed by atoms with Crippen molar-refractivity contribution in [3.05, 3.63) is 41.5 Å². The molecule has 18 heavy (non-hydrogen) atoms. The van der Waals surface area contributed by atoms with Gasteiger partial charge in [0.25, 0.3) is 5.91 Å². The van der Waals surface area contributed by atoms with E-state index in [0.29, 0.717) is 11.1 Å². The van der Waals surface area contributed by atoms with Crippen molar-refractivity contribution in [3.8, 4) is 0 Å². The zero-order valence-corrected chi connectivity index (χ0v) is 10.5. The van der Waals surface area contributed by atoms with Crippen LogP contribution in [0.4, 0.5) is 0 Å². The number of amides is 1. The fourth-order valence-electron chi connectivity index (χ4n) is 1.36. The molecular weight excluding hydrogens is 230 g/mol. The van der Waals surface area contributed by atoms with Crippen molar-refractivity contribution in [3.63, 3.8) is 0 Å². The molecule has 0 spiro atoms. The SMILES string of the molecule is CCC(C)NC(=O)c1cccc(/C=C/C(=O)O)c1. The van der Waals surface area contributed by atoms with E-state index in [1.165, 1.54) is 6.08 Å². The first kappa shape index (κ1) is 14.0. The summed E-state index contributed by atoms with van der Waals surface area (Å²) in [6, 6.07) is 6.97. The molecule has 0 radical (unpaired) electrons. The van der Waals surface area contributed by atoms with Gasteiger partial charge in [-0.15, -0.1) is 0 Å². The Kier molecular flexibility index (Phi) is 5.11. The average molecular weight is 247 g/mol. The third kappa shape index (κ3) is 4.41. The molecule has 0 saturated carbocycles. The van der Waals surface area contributed by atoms with Gasteiger partial charge < -0.3 is 10.4 Å². The Morgan fingerprint density at radius 1 is 1.44 bits per heavy atom. The van der Waals surface area contributed by atoms with Crippen LogP contribution in [-0.2, 0) is 4.79 Å². The van der Waals surface area contributed by atoms with Gasteiger partial charge in [-0.25, -0.2) is 4.79 Å². The lowest BCUT2D eigenvalue weighted by Gasteiger charge is -2.11. The number of hydrogen-bond acceptors (Lipinski definition) is 2. The monoisotopic (exact) mass is 247 g/mol. The first-order chi connectivity index (χ1) is 8.52. The summed E-state index contributed by atoms with van der Waals surface area (Å²) in [5.74, 6) is -1.15. The molecule has 1 amide bonds. The van der Waals surface area contributed by atoms with Crippen molar-refractivity contribution >= 4 is 18.0 Å². The van der Waals surface area contributed by atoms with E-state index in [0.717, 1.165) is 12.5 Å². The van der Waals surface area contributed by atoms with Gasteiger partial charge >= 0.3 is 5.97 Å². The molecule has 4 nitrogen and oxygen atoms in total. The van der Waals surface area contributed by atoms with Crippen LogP contribution in [0.1, 0.15) is 36.2 Å². The molecule has 1 atom stereocenters. The van der Waals surface area contributed by atoms with Crippen molar-refractivity contribution in [1.82, 2.24) is 5.32 Å². The van der Waals surface area contributed by atoms with E-state index in [4.69, 9.17) is 5.11 Å². The van der Waals surface area contributed by atoms with Crippen LogP contribution in [0.5, 0.6) is 0 Å². The predicted molar refractivity (Wildman–Crippen MR) is 70.3 cm³/mol. The highest BCUT2D eigenvalue weighted by atomic mass is 16.4. The van der Waals surface area contributed by atoms with Crippen LogP contribution in [0.15, 0.2) is 30.3 Å². The molecule has 1 aromatic rings. The van der Waals surface area contributed by atoms with Crippen molar-refractivity contribution in [1.29, 1.82) is 0 Å². The molecule has 0 aliphatic rings. The van der Waals surface area contributed by atoms with E-state index in [-0.39, 0.29) is 11.9 Å². The van der Waals surface area contributed by atoms with E-state index >= 15 is 0 Å². The molecular formula is C14H17NO3. The van der Waals surface area contributed by atoms with Crippen LogP contribution in [-0.4, -0.2) is 23.0 Å². The van der Waals surface area contributed by atoms with Crippen molar-refractivity contribution in [2.75, 3.05) is 0 Å². The maximum atomic E-state index is 11.9. The third-order valence-electron chi connectivity index (χ3n) is 2.56. The Morgan fingerprint density at radius 3 is 2.78 bits per heavy atom. The first-order valence-corrected chi connectivity index (χ1v) is 5.85. The van der Waals surface area contributed by atoms with Gasteiger partial charge in [0, 0.05) is 17.7 Å². The Balaban J connectivity index is 2.81. The normalized spacial score (nSPS) is 12.3. The summed E-state index contributed by atoms with van der Waals surface area (Å²) in [7, 11) is 0. The summed E-state index contributed by atoms with van der Waals surface area (Å²) in [6.45, 7) is 3.93. The largest absolute Gasteiger partial charge is 0.478 e. The predicted octanol–water partition coefficient (Wildman–Crippen LogP) is 2.31. The van der Waals surface area contributed by atoms with Crippen LogP contribution in [0.2, 0.25) is 0 Å². The quantitative estimate of drug-likeness (QED) is 0.785. The van der Waals surface area contributed by atoms with Gasteiger partial charge in [0.15, 0.2) is 0 Å². The minimum Gasteiger partial charge on any atom is -0.478 e. The van der Waals surface area contributed by atoms with Gasteiger partial charge in [-0.3, -0.25) is 4.79 Å². The molecule has 0 aliphatic carbocycles. The van der Waals surface area contributed by atoms with Crippen LogP contribution in [0, 0.1) is 0 Å². The molecule has 0 fully saturated rings. The standard InChI is InChI=1S/C14H17NO3/c1-3-10(2)15-14(18)12-6-4-5-11(9-12)7-8-13(16)17/h4-10H,3H2,1-2H3,(H,15,18)(H,16,17)/b8-7+. The van der Waals surface area contributed by atoms with Gasteiger partial charge in [0.05, 0.1) is 0 Å². The Hall–Kier alpha value is -2.10. The van der Waals surface area contributed by atoms with Crippen LogP contribution >= 0.6 is 0 Å². The molecule has 4 heteroatoms. The first-order valence-electron chi connectivity index (χ1n) is 5.85. The summed E-state index contributed by atoms with van der Waals surface area (Å²) in [4.78, 5) is 22.3. The molecule has 1 aromatic carbocycles. The number of aliphatic carboxylic acids is 1. The van der Waals surface area contributed by atoms with E-state index < -0.39 is 5.97 Å². The van der Waals surface area contributed by atoms with Crippen molar-refractivity contribution in [2.24, 2.45) is 0 Å². The van der Waals surface area contributed by atoms with Gasteiger partial charge in [-0.05, 0) is 37.1 Å². The molecule has 96 valence electrons.